The fraction of sp³-hybridized carbons (Fsp3) is 0.381. The molecular formula is C21H27FN2O3S2. The molecule has 2 aromatic rings. The lowest BCUT2D eigenvalue weighted by Gasteiger charge is -2.30. The molecule has 0 aliphatic rings. The first-order valence-corrected chi connectivity index (χ1v) is 12.4. The number of carbonyl (C=O) groups is 1. The van der Waals surface area contributed by atoms with Gasteiger partial charge in [-0.25, -0.2) is 12.8 Å². The van der Waals surface area contributed by atoms with Gasteiger partial charge in [0, 0.05) is 18.1 Å². The predicted molar refractivity (Wildman–Crippen MR) is 118 cm³/mol. The molecule has 158 valence electrons. The lowest BCUT2D eigenvalue weighted by molar-refractivity contribution is -0.122. The van der Waals surface area contributed by atoms with Crippen LogP contribution in [0.25, 0.3) is 0 Å². The van der Waals surface area contributed by atoms with E-state index in [9.17, 15) is 17.6 Å². The maximum Gasteiger partial charge on any atom is 0.243 e. The minimum Gasteiger partial charge on any atom is -0.353 e. The van der Waals surface area contributed by atoms with Crippen molar-refractivity contribution in [1.82, 2.24) is 5.32 Å². The van der Waals surface area contributed by atoms with Gasteiger partial charge in [0.05, 0.1) is 11.9 Å². The number of sulfonamides is 1. The third-order valence-corrected chi connectivity index (χ3v) is 6.55. The van der Waals surface area contributed by atoms with Gasteiger partial charge >= 0.3 is 0 Å². The summed E-state index contributed by atoms with van der Waals surface area (Å²) in [6.45, 7) is 4.15. The van der Waals surface area contributed by atoms with Crippen LogP contribution in [0.4, 0.5) is 10.1 Å². The van der Waals surface area contributed by atoms with Crippen molar-refractivity contribution < 1.29 is 17.6 Å². The molecule has 0 spiro atoms. The molecule has 0 heterocycles. The minimum absolute atomic E-state index is 0.120. The van der Waals surface area contributed by atoms with Crippen molar-refractivity contribution in [2.24, 2.45) is 0 Å². The molecule has 0 fully saturated rings. The van der Waals surface area contributed by atoms with Crippen molar-refractivity contribution in [1.29, 1.82) is 0 Å². The molecule has 0 aliphatic carbocycles. The van der Waals surface area contributed by atoms with Gasteiger partial charge in [0.25, 0.3) is 0 Å². The Bertz CT molecular complexity index is 918. The number of nitrogens with one attached hydrogen (secondary N) is 1. The summed E-state index contributed by atoms with van der Waals surface area (Å²) in [6.07, 6.45) is 1.20. The summed E-state index contributed by atoms with van der Waals surface area (Å²) in [5.41, 5.74) is 2.30. The third-order valence-electron chi connectivity index (χ3n) is 4.35. The first-order chi connectivity index (χ1) is 13.7. The Morgan fingerprint density at radius 3 is 2.41 bits per heavy atom. The van der Waals surface area contributed by atoms with Crippen LogP contribution < -0.4 is 9.62 Å². The Balaban J connectivity index is 1.97. The maximum absolute atomic E-state index is 14.2. The van der Waals surface area contributed by atoms with Gasteiger partial charge in [-0.1, -0.05) is 48.9 Å². The van der Waals surface area contributed by atoms with E-state index in [1.807, 2.05) is 6.92 Å². The van der Waals surface area contributed by atoms with Crippen LogP contribution in [-0.2, 0) is 20.6 Å². The molecule has 1 amide bonds. The van der Waals surface area contributed by atoms with E-state index in [0.717, 1.165) is 16.3 Å². The molecule has 0 aromatic heterocycles. The standard InChI is InChI=1S/C21H27FN2O3S2/c1-4-19(24(29(3,26)27)20-8-6-5-7-18(20)22)21(25)23-13-14-28-15-17-11-9-16(2)10-12-17/h5-12,19H,4,13-15H2,1-3H3,(H,23,25)/t19-/m0/s1. The molecule has 1 N–H and O–H groups in total. The fourth-order valence-corrected chi connectivity index (χ4v) is 4.94. The Kier molecular flexibility index (Phi) is 8.52. The monoisotopic (exact) mass is 438 g/mol. The molecule has 0 bridgehead atoms. The van der Waals surface area contributed by atoms with E-state index in [1.165, 1.54) is 29.3 Å². The van der Waals surface area contributed by atoms with Crippen molar-refractivity contribution in [3.8, 4) is 0 Å². The van der Waals surface area contributed by atoms with Crippen LogP contribution in [0.1, 0.15) is 24.5 Å². The zero-order valence-corrected chi connectivity index (χ0v) is 18.5. The lowest BCUT2D eigenvalue weighted by Crippen LogP contribution is -2.50. The number of amides is 1. The average Bonchev–Trinajstić information content (AvgIpc) is 2.67. The summed E-state index contributed by atoms with van der Waals surface area (Å²) in [6, 6.07) is 12.8. The summed E-state index contributed by atoms with van der Waals surface area (Å²) < 4.78 is 39.7. The Morgan fingerprint density at radius 2 is 1.83 bits per heavy atom. The summed E-state index contributed by atoms with van der Waals surface area (Å²) in [5, 5.41) is 2.78. The van der Waals surface area contributed by atoms with E-state index in [-0.39, 0.29) is 12.1 Å². The van der Waals surface area contributed by atoms with E-state index in [2.05, 4.69) is 29.6 Å². The molecule has 0 unspecified atom stereocenters. The SMILES string of the molecule is CC[C@@H](C(=O)NCCSCc1ccc(C)cc1)N(c1ccccc1F)S(C)(=O)=O. The first-order valence-electron chi connectivity index (χ1n) is 9.39. The van der Waals surface area contributed by atoms with Crippen LogP contribution >= 0.6 is 11.8 Å². The summed E-state index contributed by atoms with van der Waals surface area (Å²) in [4.78, 5) is 12.7. The number of anilines is 1. The first kappa shape index (κ1) is 23.2. The van der Waals surface area contributed by atoms with Crippen LogP contribution in [0.2, 0.25) is 0 Å². The topological polar surface area (TPSA) is 66.5 Å². The summed E-state index contributed by atoms with van der Waals surface area (Å²) >= 11 is 1.68. The molecule has 2 rings (SSSR count). The van der Waals surface area contributed by atoms with Gasteiger partial charge in [-0.2, -0.15) is 11.8 Å². The predicted octanol–water partition coefficient (Wildman–Crippen LogP) is 3.73. The quantitative estimate of drug-likeness (QED) is 0.574. The zero-order chi connectivity index (χ0) is 21.4. The second-order valence-electron chi connectivity index (χ2n) is 6.76. The highest BCUT2D eigenvalue weighted by atomic mass is 32.2. The van der Waals surface area contributed by atoms with Crippen LogP contribution in [0.5, 0.6) is 0 Å². The molecule has 1 atom stereocenters. The number of para-hydroxylation sites is 1. The Hall–Kier alpha value is -2.06. The van der Waals surface area contributed by atoms with Gasteiger partial charge in [-0.05, 0) is 31.0 Å². The molecule has 29 heavy (non-hydrogen) atoms. The van der Waals surface area contributed by atoms with Crippen molar-refractivity contribution >= 4 is 33.4 Å². The number of carbonyl (C=O) groups excluding carboxylic acids is 1. The highest BCUT2D eigenvalue weighted by Crippen LogP contribution is 2.25. The molecule has 0 saturated carbocycles. The molecular weight excluding hydrogens is 411 g/mol. The number of hydrogen-bond acceptors (Lipinski definition) is 4. The molecule has 0 radical (unpaired) electrons. The largest absolute Gasteiger partial charge is 0.353 e. The number of hydrogen-bond donors (Lipinski definition) is 1. The van der Waals surface area contributed by atoms with E-state index < -0.39 is 27.8 Å². The van der Waals surface area contributed by atoms with Crippen molar-refractivity contribution in [2.75, 3.05) is 22.9 Å². The molecule has 2 aromatic carbocycles. The average molecular weight is 439 g/mol. The van der Waals surface area contributed by atoms with Crippen LogP contribution in [0, 0.1) is 12.7 Å². The van der Waals surface area contributed by atoms with Gasteiger partial charge < -0.3 is 5.32 Å². The summed E-state index contributed by atoms with van der Waals surface area (Å²) in [5.74, 6) is 0.405. The Labute approximate surface area is 176 Å². The van der Waals surface area contributed by atoms with Crippen molar-refractivity contribution in [3.05, 3.63) is 65.5 Å². The molecule has 5 nitrogen and oxygen atoms in total. The van der Waals surface area contributed by atoms with E-state index in [4.69, 9.17) is 0 Å². The number of aryl methyl sites for hydroxylation is 1. The normalized spacial score (nSPS) is 12.4. The van der Waals surface area contributed by atoms with Crippen LogP contribution in [-0.4, -0.2) is 38.9 Å². The van der Waals surface area contributed by atoms with Gasteiger partial charge in [0.15, 0.2) is 0 Å². The number of benzene rings is 2. The molecule has 8 heteroatoms. The van der Waals surface area contributed by atoms with Crippen LogP contribution in [0.3, 0.4) is 0 Å². The van der Waals surface area contributed by atoms with E-state index >= 15 is 0 Å². The lowest BCUT2D eigenvalue weighted by atomic mass is 10.2. The third kappa shape index (κ3) is 6.75. The number of thioether (sulfide) groups is 1. The zero-order valence-electron chi connectivity index (χ0n) is 16.9. The van der Waals surface area contributed by atoms with E-state index in [0.29, 0.717) is 12.3 Å². The second kappa shape index (κ2) is 10.6. The Morgan fingerprint density at radius 1 is 1.17 bits per heavy atom. The van der Waals surface area contributed by atoms with Crippen molar-refractivity contribution in [2.45, 2.75) is 32.1 Å². The molecule has 0 aliphatic heterocycles. The van der Waals surface area contributed by atoms with Gasteiger partial charge in [0.1, 0.15) is 11.9 Å². The number of rotatable bonds is 10. The highest BCUT2D eigenvalue weighted by molar-refractivity contribution is 7.98. The fourth-order valence-electron chi connectivity index (χ4n) is 2.90. The van der Waals surface area contributed by atoms with Crippen LogP contribution in [0.15, 0.2) is 48.5 Å². The van der Waals surface area contributed by atoms with Gasteiger partial charge in [0.2, 0.25) is 15.9 Å². The van der Waals surface area contributed by atoms with Gasteiger partial charge in [-0.3, -0.25) is 9.10 Å². The number of halogens is 1. The maximum atomic E-state index is 14.2. The smallest absolute Gasteiger partial charge is 0.243 e. The number of nitrogens with zero attached hydrogens (tertiary/aromatic N) is 1. The highest BCUT2D eigenvalue weighted by Gasteiger charge is 2.32. The second-order valence-corrected chi connectivity index (χ2v) is 9.73. The minimum atomic E-state index is -3.84. The van der Waals surface area contributed by atoms with E-state index in [1.54, 1.807) is 24.8 Å². The molecule has 0 saturated heterocycles. The summed E-state index contributed by atoms with van der Waals surface area (Å²) in [7, 11) is -3.84. The van der Waals surface area contributed by atoms with Gasteiger partial charge in [-0.15, -0.1) is 0 Å². The van der Waals surface area contributed by atoms with Crippen molar-refractivity contribution in [3.63, 3.8) is 0 Å².